The van der Waals surface area contributed by atoms with Crippen molar-refractivity contribution in [2.24, 2.45) is 0 Å². The van der Waals surface area contributed by atoms with Gasteiger partial charge >= 0.3 is 0 Å². The molecule has 0 aromatic heterocycles. The maximum absolute atomic E-state index is 11.9. The number of benzene rings is 1. The Morgan fingerprint density at radius 3 is 2.74 bits per heavy atom. The van der Waals surface area contributed by atoms with Gasteiger partial charge in [-0.3, -0.25) is 9.59 Å². The number of amides is 2. The van der Waals surface area contributed by atoms with Crippen molar-refractivity contribution in [1.29, 1.82) is 0 Å². The summed E-state index contributed by atoms with van der Waals surface area (Å²) in [7, 11) is 1.46. The van der Waals surface area contributed by atoms with Crippen molar-refractivity contribution in [3.05, 3.63) is 23.8 Å². The van der Waals surface area contributed by atoms with Crippen LogP contribution < -0.4 is 15.4 Å². The Morgan fingerprint density at radius 2 is 2.16 bits per heavy atom. The average molecular weight is 270 g/mol. The van der Waals surface area contributed by atoms with Gasteiger partial charge in [0, 0.05) is 12.6 Å². The van der Waals surface area contributed by atoms with Crippen LogP contribution >= 0.6 is 0 Å². The van der Waals surface area contributed by atoms with Gasteiger partial charge in [-0.15, -0.1) is 0 Å². The molecule has 0 atom stereocenters. The molecule has 0 aliphatic carbocycles. The molecule has 2 amide bonds. The summed E-state index contributed by atoms with van der Waals surface area (Å²) in [4.78, 5) is 22.6. The topological polar surface area (TPSA) is 87.7 Å². The van der Waals surface area contributed by atoms with Crippen LogP contribution in [0.15, 0.2) is 18.2 Å². The summed E-state index contributed by atoms with van der Waals surface area (Å²) in [5, 5.41) is 14.3. The van der Waals surface area contributed by atoms with Gasteiger partial charge in [-0.1, -0.05) is 0 Å². The fourth-order valence-electron chi connectivity index (χ4n) is 1.28. The Morgan fingerprint density at radius 1 is 1.42 bits per heavy atom. The molecule has 104 valence electrons. The highest BCUT2D eigenvalue weighted by Crippen LogP contribution is 2.26. The molecule has 0 radical (unpaired) electrons. The first-order valence-corrected chi connectivity index (χ1v) is 5.59. The number of phenolic OH excluding ortho intramolecular Hbond substituents is 1. The largest absolute Gasteiger partial charge is 0.504 e. The zero-order chi connectivity index (χ0) is 14.3. The predicted molar refractivity (Wildman–Crippen MR) is 66.0 cm³/mol. The van der Waals surface area contributed by atoms with E-state index in [-0.39, 0.29) is 36.1 Å². The third-order valence-corrected chi connectivity index (χ3v) is 2.24. The zero-order valence-electron chi connectivity index (χ0n) is 10.4. The summed E-state index contributed by atoms with van der Waals surface area (Å²) in [6.07, 6.45) is 0. The SMILES string of the molecule is CNC(=O)CNC(=O)c1ccc(OCCF)c(O)c1. The van der Waals surface area contributed by atoms with Gasteiger partial charge in [0.05, 0.1) is 6.54 Å². The van der Waals surface area contributed by atoms with Crippen molar-refractivity contribution in [2.45, 2.75) is 0 Å². The number of hydrogen-bond acceptors (Lipinski definition) is 4. The second kappa shape index (κ2) is 7.20. The van der Waals surface area contributed by atoms with Crippen LogP contribution in [0, 0.1) is 0 Å². The Hall–Kier alpha value is -2.31. The first kappa shape index (κ1) is 14.7. The van der Waals surface area contributed by atoms with Gasteiger partial charge < -0.3 is 20.5 Å². The molecular formula is C12H15FN2O4. The van der Waals surface area contributed by atoms with E-state index in [9.17, 15) is 19.1 Å². The van der Waals surface area contributed by atoms with Crippen LogP contribution in [0.5, 0.6) is 11.5 Å². The van der Waals surface area contributed by atoms with Crippen LogP contribution in [0.3, 0.4) is 0 Å². The molecule has 0 bridgehead atoms. The lowest BCUT2D eigenvalue weighted by Crippen LogP contribution is -2.35. The molecule has 1 rings (SSSR count). The lowest BCUT2D eigenvalue weighted by atomic mass is 10.2. The molecule has 0 saturated carbocycles. The molecule has 0 fully saturated rings. The standard InChI is InChI=1S/C12H15FN2O4/c1-14-11(17)7-15-12(18)8-2-3-10(9(16)6-8)19-5-4-13/h2-3,6,16H,4-5,7H2,1H3,(H,14,17)(H,15,18). The molecule has 1 aromatic rings. The summed E-state index contributed by atoms with van der Waals surface area (Å²) in [6, 6.07) is 3.96. The fourth-order valence-corrected chi connectivity index (χ4v) is 1.28. The molecule has 7 heteroatoms. The molecular weight excluding hydrogens is 255 g/mol. The molecule has 0 saturated heterocycles. The molecule has 19 heavy (non-hydrogen) atoms. The molecule has 0 unspecified atom stereocenters. The number of aromatic hydroxyl groups is 1. The van der Waals surface area contributed by atoms with E-state index in [0.717, 1.165) is 0 Å². The molecule has 0 aliphatic rings. The quantitative estimate of drug-likeness (QED) is 0.690. The molecule has 6 nitrogen and oxygen atoms in total. The van der Waals surface area contributed by atoms with Crippen LogP contribution in [0.25, 0.3) is 0 Å². The van der Waals surface area contributed by atoms with Gasteiger partial charge in [0.1, 0.15) is 13.3 Å². The second-order valence-electron chi connectivity index (χ2n) is 3.58. The van der Waals surface area contributed by atoms with Crippen molar-refractivity contribution in [3.63, 3.8) is 0 Å². The molecule has 1 aromatic carbocycles. The Bertz CT molecular complexity index is 465. The molecule has 0 heterocycles. The van der Waals surface area contributed by atoms with Crippen molar-refractivity contribution in [3.8, 4) is 11.5 Å². The van der Waals surface area contributed by atoms with Crippen molar-refractivity contribution >= 4 is 11.8 Å². The van der Waals surface area contributed by atoms with Crippen LogP contribution in [0.1, 0.15) is 10.4 Å². The van der Waals surface area contributed by atoms with Gasteiger partial charge in [-0.05, 0) is 18.2 Å². The van der Waals surface area contributed by atoms with Crippen LogP contribution in [0.4, 0.5) is 4.39 Å². The molecule has 0 spiro atoms. The number of ether oxygens (including phenoxy) is 1. The number of carbonyl (C=O) groups excluding carboxylic acids is 2. The van der Waals surface area contributed by atoms with Gasteiger partial charge in [-0.2, -0.15) is 0 Å². The van der Waals surface area contributed by atoms with Gasteiger partial charge in [0.25, 0.3) is 5.91 Å². The van der Waals surface area contributed by atoms with Crippen LogP contribution in [-0.2, 0) is 4.79 Å². The maximum Gasteiger partial charge on any atom is 0.251 e. The number of rotatable bonds is 6. The second-order valence-corrected chi connectivity index (χ2v) is 3.58. The highest BCUT2D eigenvalue weighted by Gasteiger charge is 2.10. The van der Waals surface area contributed by atoms with Crippen molar-refractivity contribution in [2.75, 3.05) is 26.9 Å². The number of alkyl halides is 1. The highest BCUT2D eigenvalue weighted by atomic mass is 19.1. The first-order chi connectivity index (χ1) is 9.08. The van der Waals surface area contributed by atoms with Crippen LogP contribution in [0.2, 0.25) is 0 Å². The Kier molecular flexibility index (Phi) is 5.59. The minimum absolute atomic E-state index is 0.0977. The number of likely N-dealkylation sites (N-methyl/N-ethyl adjacent to an activating group) is 1. The Labute approximate surface area is 109 Å². The molecule has 0 aliphatic heterocycles. The van der Waals surface area contributed by atoms with Gasteiger partial charge in [0.15, 0.2) is 11.5 Å². The predicted octanol–water partition coefficient (Wildman–Crippen LogP) is 0.216. The number of hydrogen-bond donors (Lipinski definition) is 3. The van der Waals surface area contributed by atoms with E-state index in [1.54, 1.807) is 0 Å². The summed E-state index contributed by atoms with van der Waals surface area (Å²) in [5.41, 5.74) is 0.175. The van der Waals surface area contributed by atoms with Crippen molar-refractivity contribution in [1.82, 2.24) is 10.6 Å². The zero-order valence-corrected chi connectivity index (χ0v) is 10.4. The van der Waals surface area contributed by atoms with Gasteiger partial charge in [0.2, 0.25) is 5.91 Å². The minimum atomic E-state index is -0.673. The summed E-state index contributed by atoms with van der Waals surface area (Å²) < 4.78 is 16.8. The normalized spacial score (nSPS) is 9.79. The third-order valence-electron chi connectivity index (χ3n) is 2.24. The summed E-state index contributed by atoms with van der Waals surface area (Å²) in [6.45, 7) is -1.00. The van der Waals surface area contributed by atoms with E-state index >= 15 is 0 Å². The highest BCUT2D eigenvalue weighted by molar-refractivity contribution is 5.96. The lowest BCUT2D eigenvalue weighted by Gasteiger charge is -2.08. The average Bonchev–Trinajstić information content (AvgIpc) is 2.42. The van der Waals surface area contributed by atoms with Gasteiger partial charge in [-0.25, -0.2) is 4.39 Å². The number of carbonyl (C=O) groups is 2. The van der Waals surface area contributed by atoms with E-state index in [2.05, 4.69) is 10.6 Å². The van der Waals surface area contributed by atoms with Crippen LogP contribution in [-0.4, -0.2) is 43.8 Å². The Balaban J connectivity index is 2.66. The van der Waals surface area contributed by atoms with Crippen molar-refractivity contribution < 1.29 is 23.8 Å². The van der Waals surface area contributed by atoms with E-state index in [1.807, 2.05) is 0 Å². The third kappa shape index (κ3) is 4.46. The van der Waals surface area contributed by atoms with E-state index in [1.165, 1.54) is 25.2 Å². The lowest BCUT2D eigenvalue weighted by molar-refractivity contribution is -0.119. The molecule has 3 N–H and O–H groups in total. The number of nitrogens with one attached hydrogen (secondary N) is 2. The maximum atomic E-state index is 11.9. The monoisotopic (exact) mass is 270 g/mol. The number of halogens is 1. The first-order valence-electron chi connectivity index (χ1n) is 5.59. The number of phenols is 1. The summed E-state index contributed by atoms with van der Waals surface area (Å²) in [5.74, 6) is -1.00. The fraction of sp³-hybridized carbons (Fsp3) is 0.333. The van der Waals surface area contributed by atoms with E-state index in [4.69, 9.17) is 4.74 Å². The minimum Gasteiger partial charge on any atom is -0.504 e. The summed E-state index contributed by atoms with van der Waals surface area (Å²) >= 11 is 0. The smallest absolute Gasteiger partial charge is 0.251 e. The van der Waals surface area contributed by atoms with E-state index < -0.39 is 12.6 Å². The van der Waals surface area contributed by atoms with E-state index in [0.29, 0.717) is 0 Å².